The van der Waals surface area contributed by atoms with Gasteiger partial charge in [-0.2, -0.15) is 5.10 Å². The molecule has 5 nitrogen and oxygen atoms in total. The molecular formula is C3H2ClN3O2S. The lowest BCUT2D eigenvalue weighted by atomic mass is 10.9. The fourth-order valence-electron chi connectivity index (χ4n) is 0.342. The number of hydrogen-bond acceptors (Lipinski definition) is 4. The first-order chi connectivity index (χ1) is 4.70. The summed E-state index contributed by atoms with van der Waals surface area (Å²) in [6.45, 7) is 0. The van der Waals surface area contributed by atoms with Gasteiger partial charge in [0.1, 0.15) is 0 Å². The Bertz CT molecular complexity index is 268. The van der Waals surface area contributed by atoms with E-state index in [-0.39, 0.29) is 10.3 Å². The zero-order valence-electron chi connectivity index (χ0n) is 4.56. The lowest BCUT2D eigenvalue weighted by Gasteiger charge is -1.89. The number of rotatable bonds is 1. The Balaban J connectivity index is 3.07. The van der Waals surface area contributed by atoms with Gasteiger partial charge in [-0.1, -0.05) is 11.6 Å². The molecule has 1 unspecified atom stereocenters. The third-order valence-corrected chi connectivity index (χ3v) is 1.33. The van der Waals surface area contributed by atoms with E-state index in [0.717, 1.165) is 0 Å². The van der Waals surface area contributed by atoms with Crippen molar-refractivity contribution in [2.75, 3.05) is 0 Å². The van der Waals surface area contributed by atoms with E-state index in [0.29, 0.717) is 0 Å². The van der Waals surface area contributed by atoms with Gasteiger partial charge in [-0.15, -0.1) is 5.10 Å². The maximum atomic E-state index is 10.2. The van der Waals surface area contributed by atoms with Crippen LogP contribution in [0.5, 0.6) is 0 Å². The maximum absolute atomic E-state index is 10.2. The molecule has 1 heterocycles. The summed E-state index contributed by atoms with van der Waals surface area (Å²) < 4.78 is 18.6. The number of aromatic nitrogens is 3. The molecule has 0 spiro atoms. The van der Waals surface area contributed by atoms with Crippen LogP contribution < -0.4 is 0 Å². The van der Waals surface area contributed by atoms with Gasteiger partial charge in [0.2, 0.25) is 11.1 Å². The lowest BCUT2D eigenvalue weighted by molar-refractivity contribution is 0.551. The fourth-order valence-corrected chi connectivity index (χ4v) is 0.810. The van der Waals surface area contributed by atoms with Crippen LogP contribution in [-0.4, -0.2) is 23.9 Å². The lowest BCUT2D eigenvalue weighted by Crippen LogP contribution is -1.98. The predicted molar refractivity (Wildman–Crippen MR) is 33.9 cm³/mol. The summed E-state index contributed by atoms with van der Waals surface area (Å²) >= 11 is 3.12. The molecule has 10 heavy (non-hydrogen) atoms. The van der Waals surface area contributed by atoms with Crippen LogP contribution in [0.2, 0.25) is 5.15 Å². The molecule has 0 radical (unpaired) electrons. The summed E-state index contributed by atoms with van der Waals surface area (Å²) in [4.78, 5) is 3.41. The second-order valence-corrected chi connectivity index (χ2v) is 2.56. The average Bonchev–Trinajstić information content (AvgIpc) is 1.88. The Morgan fingerprint density at radius 3 is 2.80 bits per heavy atom. The van der Waals surface area contributed by atoms with E-state index in [1.165, 1.54) is 6.20 Å². The second-order valence-electron chi connectivity index (χ2n) is 1.31. The quantitative estimate of drug-likeness (QED) is 0.619. The fraction of sp³-hybridized carbons (Fsp3) is 0. The van der Waals surface area contributed by atoms with Gasteiger partial charge in [-0.05, 0) is 0 Å². The molecule has 1 atom stereocenters. The molecule has 7 heteroatoms. The van der Waals surface area contributed by atoms with E-state index in [1.807, 2.05) is 0 Å². The molecule has 0 bridgehead atoms. The zero-order valence-corrected chi connectivity index (χ0v) is 6.13. The third kappa shape index (κ3) is 1.69. The van der Waals surface area contributed by atoms with Gasteiger partial charge in [0.25, 0.3) is 5.16 Å². The van der Waals surface area contributed by atoms with Crippen molar-refractivity contribution >= 4 is 22.7 Å². The second kappa shape index (κ2) is 3.00. The van der Waals surface area contributed by atoms with Crippen LogP contribution in [0.3, 0.4) is 0 Å². The molecule has 1 N–H and O–H groups in total. The normalized spacial score (nSPS) is 13.0. The molecule has 0 aliphatic rings. The zero-order chi connectivity index (χ0) is 7.56. The molecule has 1 aromatic heterocycles. The van der Waals surface area contributed by atoms with Gasteiger partial charge in [0.05, 0.1) is 6.20 Å². The largest absolute Gasteiger partial charge is 0.300 e. The van der Waals surface area contributed by atoms with Crippen molar-refractivity contribution in [1.82, 2.24) is 15.2 Å². The first kappa shape index (κ1) is 7.52. The summed E-state index contributed by atoms with van der Waals surface area (Å²) in [6, 6.07) is 0. The number of hydrogen-bond donors (Lipinski definition) is 1. The number of halogens is 1. The van der Waals surface area contributed by atoms with Gasteiger partial charge < -0.3 is 0 Å². The predicted octanol–water partition coefficient (Wildman–Crippen LogP) is 0.106. The topological polar surface area (TPSA) is 76.0 Å². The van der Waals surface area contributed by atoms with Crippen LogP contribution in [0.4, 0.5) is 0 Å². The summed E-state index contributed by atoms with van der Waals surface area (Å²) in [5.74, 6) is 0. The molecule has 0 amide bonds. The average molecular weight is 180 g/mol. The molecule has 0 saturated carbocycles. The minimum absolute atomic E-state index is 0.0485. The van der Waals surface area contributed by atoms with Crippen LogP contribution in [0, 0.1) is 0 Å². The highest BCUT2D eigenvalue weighted by Crippen LogP contribution is 2.01. The highest BCUT2D eigenvalue weighted by molar-refractivity contribution is 7.79. The third-order valence-electron chi connectivity index (χ3n) is 0.666. The van der Waals surface area contributed by atoms with E-state index >= 15 is 0 Å². The maximum Gasteiger partial charge on any atom is 0.268 e. The van der Waals surface area contributed by atoms with Crippen molar-refractivity contribution in [1.29, 1.82) is 0 Å². The van der Waals surface area contributed by atoms with Crippen LogP contribution in [0.1, 0.15) is 0 Å². The number of nitrogens with zero attached hydrogens (tertiary/aromatic N) is 3. The summed E-state index contributed by atoms with van der Waals surface area (Å²) in [7, 11) is 0. The highest BCUT2D eigenvalue weighted by Gasteiger charge is 2.03. The minimum atomic E-state index is -2.21. The molecule has 0 aliphatic heterocycles. The first-order valence-electron chi connectivity index (χ1n) is 2.16. The Labute approximate surface area is 63.7 Å². The molecule has 0 aromatic carbocycles. The van der Waals surface area contributed by atoms with Crippen molar-refractivity contribution in [3.8, 4) is 0 Å². The van der Waals surface area contributed by atoms with Crippen molar-refractivity contribution in [3.05, 3.63) is 11.3 Å². The van der Waals surface area contributed by atoms with Gasteiger partial charge in [0, 0.05) is 0 Å². The summed E-state index contributed by atoms with van der Waals surface area (Å²) in [6.07, 6.45) is 1.18. The molecule has 0 saturated heterocycles. The van der Waals surface area contributed by atoms with Gasteiger partial charge >= 0.3 is 0 Å². The van der Waals surface area contributed by atoms with E-state index in [2.05, 4.69) is 15.2 Å². The van der Waals surface area contributed by atoms with E-state index in [4.69, 9.17) is 16.2 Å². The Morgan fingerprint density at radius 2 is 2.40 bits per heavy atom. The van der Waals surface area contributed by atoms with Crippen molar-refractivity contribution in [2.24, 2.45) is 0 Å². The molecule has 0 fully saturated rings. The Morgan fingerprint density at radius 1 is 1.70 bits per heavy atom. The standard InChI is InChI=1S/C3H2ClN3O2S/c4-2-1-5-7-3(6-2)10(8)9/h1H,(H,8,9). The molecule has 0 aliphatic carbocycles. The summed E-state index contributed by atoms with van der Waals surface area (Å²) in [5.41, 5.74) is 0. The van der Waals surface area contributed by atoms with E-state index < -0.39 is 11.1 Å². The van der Waals surface area contributed by atoms with E-state index in [9.17, 15) is 4.21 Å². The van der Waals surface area contributed by atoms with Crippen LogP contribution in [-0.2, 0) is 11.1 Å². The molecule has 1 aromatic rings. The summed E-state index contributed by atoms with van der Waals surface area (Å²) in [5, 5.41) is 6.32. The van der Waals surface area contributed by atoms with Crippen molar-refractivity contribution < 1.29 is 8.76 Å². The SMILES string of the molecule is O=S(O)c1nncc(Cl)n1. The first-order valence-corrected chi connectivity index (χ1v) is 3.64. The van der Waals surface area contributed by atoms with E-state index in [1.54, 1.807) is 0 Å². The molecule has 54 valence electrons. The Kier molecular flexibility index (Phi) is 2.25. The molecule has 1 rings (SSSR count). The van der Waals surface area contributed by atoms with Gasteiger partial charge in [-0.25, -0.2) is 9.19 Å². The van der Waals surface area contributed by atoms with Crippen LogP contribution >= 0.6 is 11.6 Å². The van der Waals surface area contributed by atoms with Crippen molar-refractivity contribution in [3.63, 3.8) is 0 Å². The van der Waals surface area contributed by atoms with Crippen LogP contribution in [0.15, 0.2) is 11.4 Å². The van der Waals surface area contributed by atoms with Crippen molar-refractivity contribution in [2.45, 2.75) is 5.16 Å². The van der Waals surface area contributed by atoms with Crippen LogP contribution in [0.25, 0.3) is 0 Å². The highest BCUT2D eigenvalue weighted by atomic mass is 35.5. The smallest absolute Gasteiger partial charge is 0.268 e. The van der Waals surface area contributed by atoms with Gasteiger partial charge in [0.15, 0.2) is 5.15 Å². The molecular weight excluding hydrogens is 178 g/mol. The van der Waals surface area contributed by atoms with Gasteiger partial charge in [-0.3, -0.25) is 4.55 Å². The Hall–Kier alpha value is -0.590. The monoisotopic (exact) mass is 179 g/mol. The minimum Gasteiger partial charge on any atom is -0.300 e.